The van der Waals surface area contributed by atoms with E-state index in [0.29, 0.717) is 22.6 Å². The molecular weight excluding hydrogens is 310 g/mol. The number of hydrogen-bond donors (Lipinski definition) is 0. The molecule has 4 heteroatoms. The van der Waals surface area contributed by atoms with Crippen molar-refractivity contribution in [1.82, 2.24) is 0 Å². The summed E-state index contributed by atoms with van der Waals surface area (Å²) in [6.45, 7) is 0. The fraction of sp³-hybridized carbons (Fsp3) is 0.200. The van der Waals surface area contributed by atoms with Crippen LogP contribution in [0.3, 0.4) is 0 Å². The Balaban J connectivity index is 2.32. The van der Waals surface area contributed by atoms with Gasteiger partial charge in [-0.1, -0.05) is 36.4 Å². The maximum Gasteiger partial charge on any atom is 0.130 e. The Hall–Kier alpha value is -2.62. The zero-order chi connectivity index (χ0) is 17.1. The van der Waals surface area contributed by atoms with Crippen LogP contribution in [0, 0.1) is 0 Å². The van der Waals surface area contributed by atoms with E-state index in [1.54, 1.807) is 48.5 Å². The minimum absolute atomic E-state index is 0.00212. The summed E-state index contributed by atoms with van der Waals surface area (Å²) in [6.07, 6.45) is -0.0378. The summed E-state index contributed by atoms with van der Waals surface area (Å²) in [5.41, 5.74) is 1.58. The smallest absolute Gasteiger partial charge is 0.130 e. The fourth-order valence-electron chi connectivity index (χ4n) is 3.01. The minimum Gasteiger partial charge on any atom is -0.496 e. The molecule has 0 aromatic heterocycles. The molecule has 0 N–H and O–H groups in total. The summed E-state index contributed by atoms with van der Waals surface area (Å²) in [7, 11) is 3.03. The first-order chi connectivity index (χ1) is 11.7. The van der Waals surface area contributed by atoms with E-state index < -0.39 is 12.0 Å². The van der Waals surface area contributed by atoms with E-state index in [0.717, 1.165) is 0 Å². The summed E-state index contributed by atoms with van der Waals surface area (Å²) in [5, 5.41) is 0. The Bertz CT molecular complexity index is 809. The van der Waals surface area contributed by atoms with Gasteiger partial charge >= 0.3 is 0 Å². The van der Waals surface area contributed by atoms with Gasteiger partial charge in [-0.25, -0.2) is 8.78 Å². The van der Waals surface area contributed by atoms with E-state index in [-0.39, 0.29) is 17.6 Å². The predicted octanol–water partition coefficient (Wildman–Crippen LogP) is 5.21. The highest BCUT2D eigenvalue weighted by atomic mass is 19.1. The van der Waals surface area contributed by atoms with Crippen LogP contribution < -0.4 is 9.47 Å². The number of ether oxygens (including phenoxy) is 2. The van der Waals surface area contributed by atoms with Crippen LogP contribution in [0.25, 0.3) is 11.1 Å². The second kappa shape index (κ2) is 6.87. The topological polar surface area (TPSA) is 18.5 Å². The SMILES string of the molecule is COc1ccccc1C1=C(c2ccccc2OC)C(F)CC=C1F. The van der Waals surface area contributed by atoms with E-state index in [1.807, 2.05) is 0 Å². The zero-order valence-electron chi connectivity index (χ0n) is 13.6. The second-order valence-electron chi connectivity index (χ2n) is 5.44. The van der Waals surface area contributed by atoms with Crippen LogP contribution in [-0.4, -0.2) is 20.4 Å². The summed E-state index contributed by atoms with van der Waals surface area (Å²) < 4.78 is 40.3. The lowest BCUT2D eigenvalue weighted by Crippen LogP contribution is -2.12. The van der Waals surface area contributed by atoms with Gasteiger partial charge in [0.25, 0.3) is 0 Å². The summed E-state index contributed by atoms with van der Waals surface area (Å²) >= 11 is 0. The molecule has 1 atom stereocenters. The van der Waals surface area contributed by atoms with Crippen LogP contribution in [0.1, 0.15) is 17.5 Å². The van der Waals surface area contributed by atoms with Gasteiger partial charge in [0.1, 0.15) is 23.5 Å². The maximum absolute atomic E-state index is 14.8. The molecule has 0 radical (unpaired) electrons. The van der Waals surface area contributed by atoms with Crippen molar-refractivity contribution in [2.45, 2.75) is 12.6 Å². The Kier molecular flexibility index (Phi) is 4.65. The highest BCUT2D eigenvalue weighted by Gasteiger charge is 2.29. The first-order valence-corrected chi connectivity index (χ1v) is 7.68. The van der Waals surface area contributed by atoms with Crippen molar-refractivity contribution in [3.8, 4) is 11.5 Å². The first kappa shape index (κ1) is 16.2. The van der Waals surface area contributed by atoms with Crippen molar-refractivity contribution >= 4 is 11.1 Å². The number of methoxy groups -OCH3 is 2. The fourth-order valence-corrected chi connectivity index (χ4v) is 3.01. The van der Waals surface area contributed by atoms with E-state index in [2.05, 4.69) is 0 Å². The monoisotopic (exact) mass is 328 g/mol. The average Bonchev–Trinajstić information content (AvgIpc) is 2.63. The van der Waals surface area contributed by atoms with Gasteiger partial charge in [-0.3, -0.25) is 0 Å². The molecule has 0 saturated heterocycles. The van der Waals surface area contributed by atoms with Gasteiger partial charge in [0.15, 0.2) is 0 Å². The maximum atomic E-state index is 14.8. The molecule has 0 bridgehead atoms. The molecule has 24 heavy (non-hydrogen) atoms. The van der Waals surface area contributed by atoms with Crippen molar-refractivity contribution in [1.29, 1.82) is 0 Å². The third kappa shape index (κ3) is 2.80. The number of halogens is 2. The third-order valence-corrected chi connectivity index (χ3v) is 4.10. The number of alkyl halides is 1. The van der Waals surface area contributed by atoms with E-state index >= 15 is 0 Å². The molecular formula is C20H18F2O2. The van der Waals surface area contributed by atoms with Gasteiger partial charge in [0.05, 0.1) is 14.2 Å². The normalized spacial score (nSPS) is 17.5. The van der Waals surface area contributed by atoms with Gasteiger partial charge in [0.2, 0.25) is 0 Å². The van der Waals surface area contributed by atoms with Crippen LogP contribution in [0.15, 0.2) is 60.4 Å². The minimum atomic E-state index is -1.32. The number of benzene rings is 2. The number of rotatable bonds is 4. The highest BCUT2D eigenvalue weighted by Crippen LogP contribution is 2.45. The molecule has 2 nitrogen and oxygen atoms in total. The number of para-hydroxylation sites is 2. The lowest BCUT2D eigenvalue weighted by molar-refractivity contribution is 0.397. The van der Waals surface area contributed by atoms with Crippen LogP contribution in [0.2, 0.25) is 0 Å². The highest BCUT2D eigenvalue weighted by molar-refractivity contribution is 6.02. The van der Waals surface area contributed by atoms with Crippen LogP contribution in [0.4, 0.5) is 8.78 Å². The third-order valence-electron chi connectivity index (χ3n) is 4.10. The molecule has 124 valence electrons. The molecule has 2 aromatic rings. The largest absolute Gasteiger partial charge is 0.496 e. The van der Waals surface area contributed by atoms with Crippen molar-refractivity contribution in [3.05, 3.63) is 71.6 Å². The van der Waals surface area contributed by atoms with Crippen molar-refractivity contribution in [2.75, 3.05) is 14.2 Å². The lowest BCUT2D eigenvalue weighted by Gasteiger charge is -2.24. The van der Waals surface area contributed by atoms with Crippen molar-refractivity contribution < 1.29 is 18.3 Å². The molecule has 2 aromatic carbocycles. The Labute approximate surface area is 140 Å². The number of hydrogen-bond acceptors (Lipinski definition) is 2. The zero-order valence-corrected chi connectivity index (χ0v) is 13.6. The molecule has 1 aliphatic carbocycles. The first-order valence-electron chi connectivity index (χ1n) is 7.68. The number of allylic oxidation sites excluding steroid dienone is 4. The van der Waals surface area contributed by atoms with Crippen molar-refractivity contribution in [3.63, 3.8) is 0 Å². The summed E-state index contributed by atoms with van der Waals surface area (Å²) in [6, 6.07) is 14.1. The lowest BCUT2D eigenvalue weighted by atomic mass is 9.85. The molecule has 3 rings (SSSR count). The van der Waals surface area contributed by atoms with Gasteiger partial charge in [0, 0.05) is 28.7 Å². The Morgan fingerprint density at radius 3 is 2.04 bits per heavy atom. The van der Waals surface area contributed by atoms with Gasteiger partial charge in [-0.15, -0.1) is 0 Å². The molecule has 0 spiro atoms. The quantitative estimate of drug-likeness (QED) is 0.767. The van der Waals surface area contributed by atoms with Gasteiger partial charge < -0.3 is 9.47 Å². The second-order valence-corrected chi connectivity index (χ2v) is 5.44. The van der Waals surface area contributed by atoms with E-state index in [1.165, 1.54) is 20.3 Å². The standard InChI is InChI=1S/C20H18F2O2/c1-23-17-9-5-3-7-13(17)19-15(21)11-12-16(22)20(19)14-8-4-6-10-18(14)24-2/h3-11,16H,12H2,1-2H3. The summed E-state index contributed by atoms with van der Waals surface area (Å²) in [4.78, 5) is 0. The summed E-state index contributed by atoms with van der Waals surface area (Å²) in [5.74, 6) is 0.559. The molecule has 0 saturated carbocycles. The van der Waals surface area contributed by atoms with Crippen LogP contribution in [-0.2, 0) is 0 Å². The Morgan fingerprint density at radius 2 is 1.42 bits per heavy atom. The molecule has 0 fully saturated rings. The van der Waals surface area contributed by atoms with Crippen LogP contribution >= 0.6 is 0 Å². The predicted molar refractivity (Wildman–Crippen MR) is 91.5 cm³/mol. The van der Waals surface area contributed by atoms with Gasteiger partial charge in [-0.2, -0.15) is 0 Å². The van der Waals surface area contributed by atoms with Gasteiger partial charge in [-0.05, 0) is 18.2 Å². The van der Waals surface area contributed by atoms with Crippen molar-refractivity contribution in [2.24, 2.45) is 0 Å². The Morgan fingerprint density at radius 1 is 0.875 bits per heavy atom. The molecule has 0 amide bonds. The van der Waals surface area contributed by atoms with Crippen LogP contribution in [0.5, 0.6) is 11.5 Å². The average molecular weight is 328 g/mol. The molecule has 1 aliphatic rings. The molecule has 1 unspecified atom stereocenters. The van der Waals surface area contributed by atoms with E-state index in [4.69, 9.17) is 9.47 Å². The molecule has 0 aliphatic heterocycles. The molecule has 0 heterocycles. The van der Waals surface area contributed by atoms with E-state index in [9.17, 15) is 8.78 Å².